The highest BCUT2D eigenvalue weighted by Gasteiger charge is 2.37. The summed E-state index contributed by atoms with van der Waals surface area (Å²) in [5, 5.41) is 89.6. The summed E-state index contributed by atoms with van der Waals surface area (Å²) >= 11 is 1.31. The van der Waals surface area contributed by atoms with Gasteiger partial charge in [-0.1, -0.05) is 13.8 Å². The van der Waals surface area contributed by atoms with Crippen molar-refractivity contribution in [1.82, 2.24) is 84.4 Å². The molecule has 0 unspecified atom stereocenters. The van der Waals surface area contributed by atoms with Crippen LogP contribution in [0.3, 0.4) is 0 Å². The number of unbranched alkanes of at least 4 members (excludes halogenated alkanes) is 1. The number of aromatic nitrogens is 2. The number of H-pyrrole nitrogens is 1. The molecule has 0 aliphatic carbocycles. The molecule has 15 amide bonds. The third kappa shape index (κ3) is 37.5. The molecule has 0 spiro atoms. The van der Waals surface area contributed by atoms with Gasteiger partial charge in [0.05, 0.1) is 31.8 Å². The van der Waals surface area contributed by atoms with Crippen molar-refractivity contribution in [2.75, 3.05) is 38.3 Å². The molecule has 1 rings (SSSR count). The molecule has 0 aliphatic rings. The Morgan fingerprint density at radius 1 is 0.435 bits per heavy atom. The first kappa shape index (κ1) is 95.3. The highest BCUT2D eigenvalue weighted by atomic mass is 32.2. The SMILES string of the molecule is CSCC[C@H](NC(=O)[C@@H](N)CO)C(=O)N[C@@H](CCC(N)=O)C(=O)N[C@@H](C)C(=O)N[C@@H](CO)C(=O)N[C@@H](CC(C)C)C(=O)N[C@@H](CCC(=O)O)C(=O)N[C@@H](C)C(=O)N[C@@H](CCC(=O)O)C(=O)N[C@@H](C)C(=O)N[C@@H](CCCCN)C(=O)NCC(=O)N[C@@H](Cc1c[nH]cn1)C(=O)N[C@@H](C)C(=O)N[C@@H](CCC(=O)O)C(=O)O. The second-order valence-electron chi connectivity index (χ2n) is 25.3. The number of nitrogens with zero attached hydrogens (tertiary/aromatic N) is 1. The van der Waals surface area contributed by atoms with Crippen molar-refractivity contribution in [2.45, 2.75) is 216 Å². The van der Waals surface area contributed by atoms with E-state index in [0.29, 0.717) is 12.2 Å². The number of aliphatic carboxylic acids is 4. The number of imidazole rings is 1. The largest absolute Gasteiger partial charge is 0.481 e. The number of nitrogens with one attached hydrogen (secondary N) is 15. The number of primary amides is 1. The van der Waals surface area contributed by atoms with Crippen molar-refractivity contribution >= 4 is 124 Å². The quantitative estimate of drug-likeness (QED) is 0.0269. The maximum absolute atomic E-state index is 14.0. The fraction of sp³-hybridized carbons (Fsp3) is 0.651. The second-order valence-corrected chi connectivity index (χ2v) is 26.3. The monoisotopic (exact) mass is 1560 g/mol. The van der Waals surface area contributed by atoms with Crippen LogP contribution in [0.4, 0.5) is 0 Å². The van der Waals surface area contributed by atoms with E-state index in [9.17, 15) is 117 Å². The molecule has 0 saturated heterocycles. The molecule has 1 heterocycles. The molecule has 44 nitrogen and oxygen atoms in total. The van der Waals surface area contributed by atoms with E-state index in [0.717, 1.165) is 20.8 Å². The first-order chi connectivity index (χ1) is 50.7. The molecular weight excluding hydrogens is 1450 g/mol. The van der Waals surface area contributed by atoms with Crippen molar-refractivity contribution in [3.8, 4) is 0 Å². The number of nitrogens with two attached hydrogens (primary N) is 3. The van der Waals surface area contributed by atoms with Crippen LogP contribution in [0.15, 0.2) is 12.5 Å². The number of carboxylic acids is 4. The second kappa shape index (κ2) is 50.0. The van der Waals surface area contributed by atoms with Crippen molar-refractivity contribution in [1.29, 1.82) is 0 Å². The van der Waals surface area contributed by atoms with Crippen molar-refractivity contribution in [3.63, 3.8) is 0 Å². The van der Waals surface area contributed by atoms with E-state index in [2.05, 4.69) is 84.4 Å². The Labute approximate surface area is 623 Å². The Morgan fingerprint density at radius 2 is 0.806 bits per heavy atom. The number of thioether (sulfide) groups is 1. The molecule has 606 valence electrons. The number of carboxylic acid groups (broad SMARTS) is 4. The number of carbonyl (C=O) groups is 19. The van der Waals surface area contributed by atoms with E-state index in [1.807, 2.05) is 0 Å². The van der Waals surface area contributed by atoms with Crippen LogP contribution in [0.2, 0.25) is 0 Å². The molecule has 0 radical (unpaired) electrons. The molecule has 45 heteroatoms. The minimum Gasteiger partial charge on any atom is -0.481 e. The number of aromatic amines is 1. The Bertz CT molecular complexity index is 3280. The van der Waals surface area contributed by atoms with Gasteiger partial charge in [-0.2, -0.15) is 11.8 Å². The molecule has 108 heavy (non-hydrogen) atoms. The van der Waals surface area contributed by atoms with Gasteiger partial charge >= 0.3 is 23.9 Å². The predicted molar refractivity (Wildman–Crippen MR) is 377 cm³/mol. The molecular formula is C63H103N19O25S. The van der Waals surface area contributed by atoms with Crippen LogP contribution in [0, 0.1) is 5.92 Å². The Morgan fingerprint density at radius 3 is 1.20 bits per heavy atom. The van der Waals surface area contributed by atoms with E-state index in [-0.39, 0.29) is 44.3 Å². The smallest absolute Gasteiger partial charge is 0.326 e. The molecule has 14 atom stereocenters. The van der Waals surface area contributed by atoms with Crippen LogP contribution < -0.4 is 91.6 Å². The number of aliphatic hydroxyl groups is 2. The summed E-state index contributed by atoms with van der Waals surface area (Å²) in [6.07, 6.45) is -0.315. The van der Waals surface area contributed by atoms with Gasteiger partial charge in [0.2, 0.25) is 88.6 Å². The molecule has 1 aromatic rings. The molecule has 1 aromatic heterocycles. The number of carbonyl (C=O) groups excluding carboxylic acids is 15. The number of hydrogen-bond acceptors (Lipinski definition) is 25. The van der Waals surface area contributed by atoms with Crippen LogP contribution in [0.1, 0.15) is 131 Å². The first-order valence-corrected chi connectivity index (χ1v) is 35.6. The molecule has 0 saturated carbocycles. The number of aliphatic hydroxyl groups excluding tert-OH is 2. The maximum Gasteiger partial charge on any atom is 0.326 e. The van der Waals surface area contributed by atoms with Gasteiger partial charge in [0.15, 0.2) is 0 Å². The highest BCUT2D eigenvalue weighted by Crippen LogP contribution is 2.12. The summed E-state index contributed by atoms with van der Waals surface area (Å²) in [5.74, 6) is -21.4. The predicted octanol–water partition coefficient (Wildman–Crippen LogP) is -9.36. The van der Waals surface area contributed by atoms with E-state index < -0.39 is 274 Å². The summed E-state index contributed by atoms with van der Waals surface area (Å²) in [4.78, 5) is 254. The summed E-state index contributed by atoms with van der Waals surface area (Å²) in [6, 6.07) is -21.9. The fourth-order valence-electron chi connectivity index (χ4n) is 9.56. The number of hydrogen-bond donors (Lipinski definition) is 24. The zero-order chi connectivity index (χ0) is 82.1. The van der Waals surface area contributed by atoms with Gasteiger partial charge in [0.1, 0.15) is 84.6 Å². The van der Waals surface area contributed by atoms with Crippen molar-refractivity contribution in [2.24, 2.45) is 23.1 Å². The lowest BCUT2D eigenvalue weighted by Gasteiger charge is -2.27. The van der Waals surface area contributed by atoms with Crippen LogP contribution in [0.25, 0.3) is 0 Å². The van der Waals surface area contributed by atoms with Gasteiger partial charge in [-0.15, -0.1) is 0 Å². The van der Waals surface area contributed by atoms with E-state index in [4.69, 9.17) is 22.3 Å². The molecule has 0 aromatic carbocycles. The molecule has 27 N–H and O–H groups in total. The minimum absolute atomic E-state index is 0.0313. The van der Waals surface area contributed by atoms with E-state index in [1.54, 1.807) is 20.1 Å². The highest BCUT2D eigenvalue weighted by molar-refractivity contribution is 7.98. The van der Waals surface area contributed by atoms with Gasteiger partial charge in [-0.3, -0.25) is 86.3 Å². The topological polar surface area (TPSA) is 721 Å². The van der Waals surface area contributed by atoms with Gasteiger partial charge in [0, 0.05) is 38.3 Å². The maximum atomic E-state index is 14.0. The minimum atomic E-state index is -1.85. The summed E-state index contributed by atoms with van der Waals surface area (Å²) in [7, 11) is 0. The van der Waals surface area contributed by atoms with E-state index >= 15 is 0 Å². The lowest BCUT2D eigenvalue weighted by molar-refractivity contribution is -0.143. The van der Waals surface area contributed by atoms with Crippen LogP contribution >= 0.6 is 11.8 Å². The van der Waals surface area contributed by atoms with Crippen molar-refractivity contribution in [3.05, 3.63) is 18.2 Å². The zero-order valence-electron chi connectivity index (χ0n) is 60.8. The third-order valence-corrected chi connectivity index (χ3v) is 16.3. The Balaban J connectivity index is 3.28. The Kier molecular flexibility index (Phi) is 44.1. The fourth-order valence-corrected chi connectivity index (χ4v) is 10.0. The summed E-state index contributed by atoms with van der Waals surface area (Å²) in [6.45, 7) is 5.28. The first-order valence-electron chi connectivity index (χ1n) is 34.2. The Hall–Kier alpha value is -10.7. The molecule has 0 aliphatic heterocycles. The summed E-state index contributed by atoms with van der Waals surface area (Å²) < 4.78 is 0. The number of rotatable bonds is 54. The van der Waals surface area contributed by atoms with Crippen LogP contribution in [0.5, 0.6) is 0 Å². The lowest BCUT2D eigenvalue weighted by Crippen LogP contribution is -2.60. The van der Waals surface area contributed by atoms with Crippen LogP contribution in [-0.2, 0) is 97.5 Å². The third-order valence-electron chi connectivity index (χ3n) is 15.7. The van der Waals surface area contributed by atoms with Gasteiger partial charge in [-0.25, -0.2) is 9.78 Å². The standard InChI is InChI=1S/C63H103N19O25S/c1-29(2)22-42(81-62(105)44(27-84)82-53(96)33(6)72-56(99)37(11-15-45(66)85)78-59(102)40(19-21-108-7)77-54(97)35(65)26-83)61(104)79-39(13-17-48(89)90)58(101)71-31(4)51(94)76-38(12-16-47(87)88)57(100)70-30(3)50(93)75-36(10-8-9-20-64)55(98)68-25-46(86)74-43(23-34-24-67-28-69-34)60(103)73-32(5)52(95)80-41(63(106)107)14-18-49(91)92/h24,28-33,35-44,83-84H,8-23,25-27,64-65H2,1-7H3,(H2,66,85)(H,67,69)(H,68,98)(H,70,100)(H,71,101)(H,72,99)(H,73,103)(H,74,86)(H,75,93)(H,76,94)(H,77,97)(H,78,102)(H,79,104)(H,80,95)(H,81,105)(H,82,96)(H,87,88)(H,89,90)(H,91,92)(H,106,107)/t30-,31-,32-,33-,35-,36-,37-,38-,39-,40-,41-,42-,43-,44-/m0/s1. The average molecular weight is 1560 g/mol. The van der Waals surface area contributed by atoms with Gasteiger partial charge in [-0.05, 0) is 110 Å². The van der Waals surface area contributed by atoms with Gasteiger partial charge < -0.3 is 127 Å². The van der Waals surface area contributed by atoms with Crippen LogP contribution in [-0.4, -0.2) is 276 Å². The average Bonchev–Trinajstić information content (AvgIpc) is 0.985. The zero-order valence-corrected chi connectivity index (χ0v) is 61.6. The van der Waals surface area contributed by atoms with E-state index in [1.165, 1.54) is 31.2 Å². The van der Waals surface area contributed by atoms with Gasteiger partial charge in [0.25, 0.3) is 0 Å². The molecule has 0 fully saturated rings. The molecule has 0 bridgehead atoms. The number of amides is 15. The normalized spacial score (nSPS) is 14.9. The van der Waals surface area contributed by atoms with Crippen molar-refractivity contribution < 1.29 is 122 Å². The summed E-state index contributed by atoms with van der Waals surface area (Å²) in [5.41, 5.74) is 16.8. The lowest BCUT2D eigenvalue weighted by atomic mass is 10.0.